The van der Waals surface area contributed by atoms with Crippen LogP contribution in [0.5, 0.6) is 0 Å². The topological polar surface area (TPSA) is 83.5 Å². The van der Waals surface area contributed by atoms with Crippen LogP contribution in [0, 0.1) is 0 Å². The van der Waals surface area contributed by atoms with Crippen LogP contribution < -0.4 is 4.72 Å². The van der Waals surface area contributed by atoms with E-state index in [1.807, 2.05) is 17.5 Å². The number of nitrogens with one attached hydrogen (secondary N) is 1. The van der Waals surface area contributed by atoms with Gasteiger partial charge in [0.15, 0.2) is 5.78 Å². The van der Waals surface area contributed by atoms with Gasteiger partial charge in [0.25, 0.3) is 0 Å². The molecule has 0 aliphatic carbocycles. The monoisotopic (exact) mass is 407 g/mol. The number of hydrogen-bond acceptors (Lipinski definition) is 6. The molecule has 8 heteroatoms. The normalized spacial score (nSPS) is 12.8. The number of Topliss-reactive ketones (excluding diaryl/α,β-unsaturated/α-hetero) is 1. The van der Waals surface area contributed by atoms with Gasteiger partial charge in [0.05, 0.1) is 4.90 Å². The van der Waals surface area contributed by atoms with Gasteiger partial charge in [-0.1, -0.05) is 18.2 Å². The maximum absolute atomic E-state index is 12.4. The zero-order valence-corrected chi connectivity index (χ0v) is 16.3. The molecule has 2 N–H and O–H groups in total. The summed E-state index contributed by atoms with van der Waals surface area (Å²) in [5.74, 6) is -0.187. The molecule has 2 aromatic heterocycles. The van der Waals surface area contributed by atoms with Gasteiger partial charge in [-0.15, -0.1) is 22.7 Å². The van der Waals surface area contributed by atoms with E-state index in [4.69, 9.17) is 0 Å². The van der Waals surface area contributed by atoms with Crippen molar-refractivity contribution in [2.45, 2.75) is 24.5 Å². The number of aliphatic hydroxyl groups excluding tert-OH is 1. The van der Waals surface area contributed by atoms with Crippen molar-refractivity contribution in [3.8, 4) is 0 Å². The van der Waals surface area contributed by atoms with Gasteiger partial charge < -0.3 is 5.11 Å². The molecule has 0 fully saturated rings. The summed E-state index contributed by atoms with van der Waals surface area (Å²) >= 11 is 2.83. The largest absolute Gasteiger partial charge is 0.382 e. The maximum atomic E-state index is 12.4. The highest BCUT2D eigenvalue weighted by atomic mass is 32.2. The highest BCUT2D eigenvalue weighted by Crippen LogP contribution is 2.31. The lowest BCUT2D eigenvalue weighted by atomic mass is 10.2. The molecule has 0 bridgehead atoms. The van der Waals surface area contributed by atoms with Gasteiger partial charge in [0, 0.05) is 26.7 Å². The first kappa shape index (κ1) is 18.9. The van der Waals surface area contributed by atoms with E-state index >= 15 is 0 Å². The molecule has 0 amide bonds. The van der Waals surface area contributed by atoms with Gasteiger partial charge >= 0.3 is 0 Å². The first-order valence-electron chi connectivity index (χ1n) is 7.77. The molecule has 1 aromatic carbocycles. The molecule has 136 valence electrons. The SMILES string of the molecule is CC(=O)c1cccc(S(=O)(=O)NCc2ccc(C(O)c3cccs3)s2)c1. The number of ketones is 1. The molecule has 0 spiro atoms. The Kier molecular flexibility index (Phi) is 5.69. The average molecular weight is 408 g/mol. The van der Waals surface area contributed by atoms with Crippen molar-refractivity contribution in [1.82, 2.24) is 4.72 Å². The zero-order chi connectivity index (χ0) is 18.7. The summed E-state index contributed by atoms with van der Waals surface area (Å²) in [6, 6.07) is 13.3. The average Bonchev–Trinajstić information content (AvgIpc) is 3.31. The molecule has 2 heterocycles. The fraction of sp³-hybridized carbons (Fsp3) is 0.167. The summed E-state index contributed by atoms with van der Waals surface area (Å²) in [6.07, 6.45) is -0.697. The number of hydrogen-bond donors (Lipinski definition) is 2. The second-order valence-corrected chi connectivity index (χ2v) is 9.58. The van der Waals surface area contributed by atoms with Crippen LogP contribution >= 0.6 is 22.7 Å². The number of aliphatic hydroxyl groups is 1. The van der Waals surface area contributed by atoms with Gasteiger partial charge in [-0.3, -0.25) is 4.79 Å². The fourth-order valence-electron chi connectivity index (χ4n) is 2.36. The van der Waals surface area contributed by atoms with Crippen LogP contribution in [0.3, 0.4) is 0 Å². The lowest BCUT2D eigenvalue weighted by Gasteiger charge is -2.07. The van der Waals surface area contributed by atoms with Gasteiger partial charge in [-0.2, -0.15) is 0 Å². The minimum Gasteiger partial charge on any atom is -0.382 e. The van der Waals surface area contributed by atoms with Crippen molar-refractivity contribution in [2.75, 3.05) is 0 Å². The van der Waals surface area contributed by atoms with E-state index in [2.05, 4.69) is 4.72 Å². The van der Waals surface area contributed by atoms with E-state index in [1.54, 1.807) is 24.3 Å². The molecule has 0 aliphatic rings. The van der Waals surface area contributed by atoms with E-state index in [9.17, 15) is 18.3 Å². The third-order valence-electron chi connectivity index (χ3n) is 3.75. The third-order valence-corrected chi connectivity index (χ3v) is 7.21. The predicted molar refractivity (Wildman–Crippen MR) is 103 cm³/mol. The summed E-state index contributed by atoms with van der Waals surface area (Å²) in [6.45, 7) is 1.51. The fourth-order valence-corrected chi connectivity index (χ4v) is 5.26. The molecule has 0 saturated carbocycles. The second kappa shape index (κ2) is 7.81. The minimum absolute atomic E-state index is 0.0561. The van der Waals surface area contributed by atoms with Crippen LogP contribution in [0.2, 0.25) is 0 Å². The van der Waals surface area contributed by atoms with Crippen LogP contribution in [0.15, 0.2) is 58.8 Å². The van der Waals surface area contributed by atoms with Gasteiger partial charge in [0.2, 0.25) is 10.0 Å². The molecule has 26 heavy (non-hydrogen) atoms. The summed E-state index contributed by atoms with van der Waals surface area (Å²) in [5.41, 5.74) is 0.352. The Morgan fingerprint density at radius 3 is 2.65 bits per heavy atom. The summed E-state index contributed by atoms with van der Waals surface area (Å²) in [7, 11) is -3.72. The molecule has 1 atom stereocenters. The Morgan fingerprint density at radius 2 is 1.96 bits per heavy atom. The molecule has 3 aromatic rings. The minimum atomic E-state index is -3.72. The Bertz CT molecular complexity index is 1010. The maximum Gasteiger partial charge on any atom is 0.240 e. The standard InChI is InChI=1S/C18H17NO4S3/c1-12(20)13-4-2-5-15(10-13)26(22,23)19-11-14-7-8-17(25-14)18(21)16-6-3-9-24-16/h2-10,18-19,21H,11H2,1H3. The van der Waals surface area contributed by atoms with Crippen molar-refractivity contribution < 1.29 is 18.3 Å². The number of sulfonamides is 1. The number of thiophene rings is 2. The second-order valence-electron chi connectivity index (χ2n) is 5.63. The highest BCUT2D eigenvalue weighted by molar-refractivity contribution is 7.89. The Labute approximate surface area is 160 Å². The van der Waals surface area contributed by atoms with Crippen LogP contribution in [-0.4, -0.2) is 19.3 Å². The van der Waals surface area contributed by atoms with Gasteiger partial charge in [-0.05, 0) is 42.6 Å². The smallest absolute Gasteiger partial charge is 0.240 e. The Hall–Kier alpha value is -1.84. The van der Waals surface area contributed by atoms with E-state index in [0.29, 0.717) is 5.56 Å². The summed E-state index contributed by atoms with van der Waals surface area (Å²) < 4.78 is 27.4. The molecule has 1 unspecified atom stereocenters. The molecular weight excluding hydrogens is 390 g/mol. The van der Waals surface area contributed by atoms with Crippen molar-refractivity contribution in [2.24, 2.45) is 0 Å². The number of carbonyl (C=O) groups excluding carboxylic acids is 1. The van der Waals surface area contributed by atoms with E-state index in [1.165, 1.54) is 41.7 Å². The van der Waals surface area contributed by atoms with E-state index in [0.717, 1.165) is 14.6 Å². The quantitative estimate of drug-likeness (QED) is 0.587. The van der Waals surface area contributed by atoms with Crippen molar-refractivity contribution in [3.05, 3.63) is 74.1 Å². The number of benzene rings is 1. The first-order valence-corrected chi connectivity index (χ1v) is 11.0. The summed E-state index contributed by atoms with van der Waals surface area (Å²) in [5, 5.41) is 12.2. The molecule has 0 saturated heterocycles. The van der Waals surface area contributed by atoms with Crippen molar-refractivity contribution in [1.29, 1.82) is 0 Å². The van der Waals surface area contributed by atoms with E-state index < -0.39 is 16.1 Å². The molecule has 0 aliphatic heterocycles. The lowest BCUT2D eigenvalue weighted by molar-refractivity contribution is 0.101. The van der Waals surface area contributed by atoms with Gasteiger partial charge in [0.1, 0.15) is 6.10 Å². The lowest BCUT2D eigenvalue weighted by Crippen LogP contribution is -2.23. The number of carbonyl (C=O) groups is 1. The summed E-state index contributed by atoms with van der Waals surface area (Å²) in [4.78, 5) is 13.9. The van der Waals surface area contributed by atoms with Gasteiger partial charge in [-0.25, -0.2) is 13.1 Å². The van der Waals surface area contributed by atoms with Crippen molar-refractivity contribution >= 4 is 38.5 Å². The predicted octanol–water partition coefficient (Wildman–Crippen LogP) is 3.57. The third kappa shape index (κ3) is 4.28. The van der Waals surface area contributed by atoms with Crippen LogP contribution in [0.25, 0.3) is 0 Å². The van der Waals surface area contributed by atoms with Crippen LogP contribution in [0.4, 0.5) is 0 Å². The molecule has 0 radical (unpaired) electrons. The van der Waals surface area contributed by atoms with Crippen LogP contribution in [0.1, 0.15) is 38.0 Å². The first-order chi connectivity index (χ1) is 12.4. The molecule has 5 nitrogen and oxygen atoms in total. The Morgan fingerprint density at radius 1 is 1.15 bits per heavy atom. The number of rotatable bonds is 7. The zero-order valence-electron chi connectivity index (χ0n) is 13.9. The Balaban J connectivity index is 1.71. The van der Waals surface area contributed by atoms with Crippen molar-refractivity contribution in [3.63, 3.8) is 0 Å². The van der Waals surface area contributed by atoms with E-state index in [-0.39, 0.29) is 17.2 Å². The van der Waals surface area contributed by atoms with Crippen LogP contribution in [-0.2, 0) is 16.6 Å². The molecule has 3 rings (SSSR count). The highest BCUT2D eigenvalue weighted by Gasteiger charge is 2.17. The molecular formula is C18H17NO4S3.